The van der Waals surface area contributed by atoms with Gasteiger partial charge in [0.25, 0.3) is 0 Å². The minimum Gasteiger partial charge on any atom is -0.461 e. The van der Waals surface area contributed by atoms with E-state index >= 15 is 0 Å². The van der Waals surface area contributed by atoms with Crippen LogP contribution >= 0.6 is 0 Å². The molecule has 0 saturated heterocycles. The minimum absolute atomic E-state index is 0.0255. The Balaban J connectivity index is 2.63. The number of carbonyl (C=O) groups is 1. The van der Waals surface area contributed by atoms with Crippen molar-refractivity contribution in [3.63, 3.8) is 0 Å². The van der Waals surface area contributed by atoms with Gasteiger partial charge in [0.15, 0.2) is 0 Å². The lowest BCUT2D eigenvalue weighted by molar-refractivity contribution is -0.0529. The number of nitrogens with one attached hydrogen (secondary N) is 1. The molecule has 0 aliphatic rings. The molecule has 0 unspecified atom stereocenters. The molecule has 5 nitrogen and oxygen atoms in total. The third-order valence-corrected chi connectivity index (χ3v) is 1.26. The fraction of sp³-hybridized carbons (Fsp3) is 0.429. The summed E-state index contributed by atoms with van der Waals surface area (Å²) in [5, 5.41) is 5.54. The van der Waals surface area contributed by atoms with Gasteiger partial charge in [-0.2, -0.15) is 8.78 Å². The van der Waals surface area contributed by atoms with E-state index in [4.69, 9.17) is 0 Å². The van der Waals surface area contributed by atoms with Crippen LogP contribution < -0.4 is 4.74 Å². The van der Waals surface area contributed by atoms with Gasteiger partial charge in [0.1, 0.15) is 5.69 Å². The van der Waals surface area contributed by atoms with Gasteiger partial charge < -0.3 is 9.47 Å². The van der Waals surface area contributed by atoms with Crippen LogP contribution in [0, 0.1) is 0 Å². The summed E-state index contributed by atoms with van der Waals surface area (Å²) in [7, 11) is 0. The number of ether oxygens (including phenoxy) is 2. The Morgan fingerprint density at radius 1 is 1.71 bits per heavy atom. The molecule has 0 aliphatic heterocycles. The van der Waals surface area contributed by atoms with Crippen LogP contribution in [0.25, 0.3) is 0 Å². The number of carbonyl (C=O) groups excluding carboxylic acids is 1. The quantitative estimate of drug-likeness (QED) is 0.751. The Hall–Kier alpha value is -1.66. The highest BCUT2D eigenvalue weighted by Gasteiger charge is 2.13. The van der Waals surface area contributed by atoms with Gasteiger partial charge in [0.2, 0.25) is 5.88 Å². The molecule has 1 rings (SSSR count). The van der Waals surface area contributed by atoms with Crippen LogP contribution in [0.15, 0.2) is 6.07 Å². The molecule has 1 aromatic heterocycles. The van der Waals surface area contributed by atoms with Crippen molar-refractivity contribution < 1.29 is 23.0 Å². The molecule has 0 aliphatic carbocycles. The number of hydrogen-bond acceptors (Lipinski definition) is 4. The van der Waals surface area contributed by atoms with Crippen LogP contribution in [0.2, 0.25) is 0 Å². The van der Waals surface area contributed by atoms with Gasteiger partial charge in [-0.1, -0.05) is 0 Å². The third kappa shape index (κ3) is 2.68. The van der Waals surface area contributed by atoms with Crippen molar-refractivity contribution in [1.29, 1.82) is 0 Å². The molecule has 0 saturated carbocycles. The lowest BCUT2D eigenvalue weighted by Gasteiger charge is -1.97. The average molecular weight is 206 g/mol. The maximum Gasteiger partial charge on any atom is 0.388 e. The van der Waals surface area contributed by atoms with Crippen LogP contribution in [0.3, 0.4) is 0 Å². The van der Waals surface area contributed by atoms with Crippen molar-refractivity contribution >= 4 is 5.97 Å². The second-order valence-electron chi connectivity index (χ2n) is 2.22. The van der Waals surface area contributed by atoms with Crippen molar-refractivity contribution in [2.45, 2.75) is 13.5 Å². The van der Waals surface area contributed by atoms with Gasteiger partial charge in [-0.05, 0) is 6.92 Å². The molecule has 0 aromatic carbocycles. The number of hydrogen-bond donors (Lipinski definition) is 1. The number of alkyl halides is 2. The van der Waals surface area contributed by atoms with E-state index in [0.717, 1.165) is 6.07 Å². The van der Waals surface area contributed by atoms with Crippen LogP contribution in [0.5, 0.6) is 5.88 Å². The molecule has 0 fully saturated rings. The Kier molecular flexibility index (Phi) is 3.38. The topological polar surface area (TPSA) is 64.2 Å². The van der Waals surface area contributed by atoms with E-state index in [1.807, 2.05) is 0 Å². The SMILES string of the molecule is CCOC(=O)c1cc(OC(F)F)n[nH]1. The van der Waals surface area contributed by atoms with E-state index in [1.165, 1.54) is 0 Å². The monoisotopic (exact) mass is 206 g/mol. The summed E-state index contributed by atoms with van der Waals surface area (Å²) in [5.74, 6) is -1.01. The summed E-state index contributed by atoms with van der Waals surface area (Å²) in [5.41, 5.74) is -0.0255. The first-order valence-corrected chi connectivity index (χ1v) is 3.80. The van der Waals surface area contributed by atoms with Gasteiger partial charge >= 0.3 is 12.6 Å². The summed E-state index contributed by atoms with van der Waals surface area (Å²) >= 11 is 0. The number of rotatable bonds is 4. The fourth-order valence-electron chi connectivity index (χ4n) is 0.768. The molecule has 7 heteroatoms. The van der Waals surface area contributed by atoms with Crippen molar-refractivity contribution in [3.05, 3.63) is 11.8 Å². The number of halogens is 2. The van der Waals surface area contributed by atoms with E-state index in [2.05, 4.69) is 19.7 Å². The summed E-state index contributed by atoms with van der Waals surface area (Å²) in [6.07, 6.45) is 0. The summed E-state index contributed by atoms with van der Waals surface area (Å²) in [4.78, 5) is 11.0. The maximum atomic E-state index is 11.7. The normalized spacial score (nSPS) is 10.3. The zero-order valence-corrected chi connectivity index (χ0v) is 7.29. The summed E-state index contributed by atoms with van der Waals surface area (Å²) in [6.45, 7) is -1.14. The van der Waals surface area contributed by atoms with E-state index in [0.29, 0.717) is 0 Å². The molecule has 1 aromatic rings. The van der Waals surface area contributed by atoms with Gasteiger partial charge in [-0.25, -0.2) is 4.79 Å². The lowest BCUT2D eigenvalue weighted by atomic mass is 10.4. The van der Waals surface area contributed by atoms with Crippen molar-refractivity contribution in [1.82, 2.24) is 10.2 Å². The number of esters is 1. The standard InChI is InChI=1S/C7H8F2N2O3/c1-2-13-6(12)4-3-5(11-10-4)14-7(8)9/h3,7H,2H2,1H3,(H,10,11). The zero-order chi connectivity index (χ0) is 10.6. The highest BCUT2D eigenvalue weighted by molar-refractivity contribution is 5.87. The molecule has 0 bridgehead atoms. The third-order valence-electron chi connectivity index (χ3n) is 1.26. The first-order valence-electron chi connectivity index (χ1n) is 3.80. The summed E-state index contributed by atoms with van der Waals surface area (Å²) < 4.78 is 31.9. The number of nitrogens with zero attached hydrogens (tertiary/aromatic N) is 1. The second-order valence-corrected chi connectivity index (χ2v) is 2.22. The van der Waals surface area contributed by atoms with Crippen molar-refractivity contribution in [2.75, 3.05) is 6.61 Å². The minimum atomic E-state index is -2.96. The van der Waals surface area contributed by atoms with Gasteiger partial charge in [0, 0.05) is 6.07 Å². The molecule has 14 heavy (non-hydrogen) atoms. The van der Waals surface area contributed by atoms with Gasteiger partial charge in [-0.15, -0.1) is 5.10 Å². The Morgan fingerprint density at radius 3 is 3.00 bits per heavy atom. The average Bonchev–Trinajstić information content (AvgIpc) is 2.52. The summed E-state index contributed by atoms with van der Waals surface area (Å²) in [6, 6.07) is 1.05. The first kappa shape index (κ1) is 10.4. The number of H-pyrrole nitrogens is 1. The van der Waals surface area contributed by atoms with E-state index in [9.17, 15) is 13.6 Å². The van der Waals surface area contributed by atoms with E-state index < -0.39 is 12.6 Å². The molecule has 1 heterocycles. The van der Waals surface area contributed by atoms with Crippen molar-refractivity contribution in [3.8, 4) is 5.88 Å². The molecular formula is C7H8F2N2O3. The zero-order valence-electron chi connectivity index (χ0n) is 7.29. The fourth-order valence-corrected chi connectivity index (χ4v) is 0.768. The molecule has 0 amide bonds. The molecule has 0 atom stereocenters. The van der Waals surface area contributed by atoms with Crippen LogP contribution in [-0.2, 0) is 4.74 Å². The maximum absolute atomic E-state index is 11.7. The predicted octanol–water partition coefficient (Wildman–Crippen LogP) is 1.19. The van der Waals surface area contributed by atoms with Gasteiger partial charge in [-0.3, -0.25) is 5.10 Å². The molecule has 1 N–H and O–H groups in total. The Bertz CT molecular complexity index is 314. The van der Waals surface area contributed by atoms with Gasteiger partial charge in [0.05, 0.1) is 6.61 Å². The van der Waals surface area contributed by atoms with Crippen LogP contribution in [0.4, 0.5) is 8.78 Å². The molecule has 0 spiro atoms. The van der Waals surface area contributed by atoms with Crippen molar-refractivity contribution in [2.24, 2.45) is 0 Å². The smallest absolute Gasteiger partial charge is 0.388 e. The largest absolute Gasteiger partial charge is 0.461 e. The van der Waals surface area contributed by atoms with Crippen LogP contribution in [-0.4, -0.2) is 29.4 Å². The molecular weight excluding hydrogens is 198 g/mol. The number of aromatic amines is 1. The predicted molar refractivity (Wildman–Crippen MR) is 41.2 cm³/mol. The van der Waals surface area contributed by atoms with E-state index in [-0.39, 0.29) is 18.2 Å². The van der Waals surface area contributed by atoms with E-state index in [1.54, 1.807) is 6.92 Å². The van der Waals surface area contributed by atoms with Crippen LogP contribution in [0.1, 0.15) is 17.4 Å². The Labute approximate surface area is 78.0 Å². The molecule has 0 radical (unpaired) electrons. The first-order chi connectivity index (χ1) is 6.63. The highest BCUT2D eigenvalue weighted by Crippen LogP contribution is 2.11. The lowest BCUT2D eigenvalue weighted by Crippen LogP contribution is -2.04. The highest BCUT2D eigenvalue weighted by atomic mass is 19.3. The molecule has 78 valence electrons. The Morgan fingerprint density at radius 2 is 2.43 bits per heavy atom. The second kappa shape index (κ2) is 4.54. The number of aromatic nitrogens is 2.